The van der Waals surface area contributed by atoms with Gasteiger partial charge in [-0.2, -0.15) is 0 Å². The van der Waals surface area contributed by atoms with Crippen LogP contribution in [0, 0.1) is 0 Å². The van der Waals surface area contributed by atoms with E-state index in [2.05, 4.69) is 6.58 Å². The van der Waals surface area contributed by atoms with Gasteiger partial charge in [0.15, 0.2) is 0 Å². The first-order valence-corrected chi connectivity index (χ1v) is 6.37. The van der Waals surface area contributed by atoms with Crippen molar-refractivity contribution in [3.05, 3.63) is 73.3 Å². The Balaban J connectivity index is 2.34. The predicted molar refractivity (Wildman–Crippen MR) is 79.5 cm³/mol. The Morgan fingerprint density at radius 1 is 0.947 bits per heavy atom. The van der Waals surface area contributed by atoms with Crippen LogP contribution in [-0.2, 0) is 4.79 Å². The van der Waals surface area contributed by atoms with Crippen molar-refractivity contribution in [1.29, 1.82) is 0 Å². The Morgan fingerprint density at radius 2 is 1.42 bits per heavy atom. The molecule has 0 aliphatic heterocycles. The number of carbonyl (C=O) groups is 1. The van der Waals surface area contributed by atoms with E-state index in [-0.39, 0.29) is 5.91 Å². The van der Waals surface area contributed by atoms with Crippen LogP contribution in [0.3, 0.4) is 0 Å². The third-order valence-corrected chi connectivity index (χ3v) is 2.84. The zero-order valence-electron chi connectivity index (χ0n) is 10.8. The Bertz CT molecular complexity index is 494. The minimum Gasteiger partial charge on any atom is -0.281 e. The van der Waals surface area contributed by atoms with Crippen LogP contribution in [0.25, 0.3) is 0 Å². The zero-order valence-corrected chi connectivity index (χ0v) is 10.8. The van der Waals surface area contributed by atoms with E-state index in [9.17, 15) is 4.79 Å². The molecule has 19 heavy (non-hydrogen) atoms. The SMILES string of the molecule is C=CCCC(=O)N(c1ccccc1)c1ccccc1. The molecule has 2 heteroatoms. The molecule has 2 rings (SSSR count). The molecule has 2 aromatic rings. The number of anilines is 2. The van der Waals surface area contributed by atoms with Gasteiger partial charge in [0.05, 0.1) is 0 Å². The standard InChI is InChI=1S/C17H17NO/c1-2-3-14-17(19)18(15-10-6-4-7-11-15)16-12-8-5-9-13-16/h2,4-13H,1,3,14H2. The van der Waals surface area contributed by atoms with Gasteiger partial charge in [-0.25, -0.2) is 0 Å². The molecule has 0 radical (unpaired) electrons. The van der Waals surface area contributed by atoms with Crippen molar-refractivity contribution in [3.63, 3.8) is 0 Å². The predicted octanol–water partition coefficient (Wildman–Crippen LogP) is 4.32. The van der Waals surface area contributed by atoms with Crippen LogP contribution in [0.15, 0.2) is 73.3 Å². The van der Waals surface area contributed by atoms with Crippen LogP contribution in [0.2, 0.25) is 0 Å². The number of carbonyl (C=O) groups excluding carboxylic acids is 1. The van der Waals surface area contributed by atoms with Gasteiger partial charge in [-0.15, -0.1) is 6.58 Å². The molecule has 0 spiro atoms. The summed E-state index contributed by atoms with van der Waals surface area (Å²) in [6, 6.07) is 19.4. The van der Waals surface area contributed by atoms with Crippen molar-refractivity contribution in [2.24, 2.45) is 0 Å². The molecule has 1 amide bonds. The summed E-state index contributed by atoms with van der Waals surface area (Å²) in [5.41, 5.74) is 1.78. The van der Waals surface area contributed by atoms with E-state index in [4.69, 9.17) is 0 Å². The van der Waals surface area contributed by atoms with E-state index < -0.39 is 0 Å². The molecule has 0 N–H and O–H groups in total. The van der Waals surface area contributed by atoms with Crippen molar-refractivity contribution in [2.45, 2.75) is 12.8 Å². The minimum absolute atomic E-state index is 0.0808. The smallest absolute Gasteiger partial charge is 0.231 e. The van der Waals surface area contributed by atoms with Crippen LogP contribution < -0.4 is 4.90 Å². The first-order chi connectivity index (χ1) is 9.33. The summed E-state index contributed by atoms with van der Waals surface area (Å²) >= 11 is 0. The van der Waals surface area contributed by atoms with E-state index in [1.807, 2.05) is 60.7 Å². The molecule has 0 fully saturated rings. The number of hydrogen-bond acceptors (Lipinski definition) is 1. The van der Waals surface area contributed by atoms with E-state index in [0.29, 0.717) is 12.8 Å². The van der Waals surface area contributed by atoms with E-state index in [1.165, 1.54) is 0 Å². The number of nitrogens with zero attached hydrogens (tertiary/aromatic N) is 1. The van der Waals surface area contributed by atoms with Crippen molar-refractivity contribution in [3.8, 4) is 0 Å². The lowest BCUT2D eigenvalue weighted by Gasteiger charge is -2.22. The number of para-hydroxylation sites is 2. The molecule has 2 nitrogen and oxygen atoms in total. The van der Waals surface area contributed by atoms with E-state index in [1.54, 1.807) is 11.0 Å². The quantitative estimate of drug-likeness (QED) is 0.725. The minimum atomic E-state index is 0.0808. The third-order valence-electron chi connectivity index (χ3n) is 2.84. The number of rotatable bonds is 5. The second-order valence-electron chi connectivity index (χ2n) is 4.23. The highest BCUT2D eigenvalue weighted by molar-refractivity contribution is 6.00. The number of benzene rings is 2. The number of amides is 1. The number of hydrogen-bond donors (Lipinski definition) is 0. The van der Waals surface area contributed by atoms with Gasteiger partial charge in [-0.1, -0.05) is 42.5 Å². The van der Waals surface area contributed by atoms with Gasteiger partial charge in [0.25, 0.3) is 0 Å². The van der Waals surface area contributed by atoms with Gasteiger partial charge >= 0.3 is 0 Å². The van der Waals surface area contributed by atoms with Gasteiger partial charge in [0.1, 0.15) is 0 Å². The van der Waals surface area contributed by atoms with Gasteiger partial charge < -0.3 is 0 Å². The summed E-state index contributed by atoms with van der Waals surface area (Å²) in [7, 11) is 0. The summed E-state index contributed by atoms with van der Waals surface area (Å²) in [5.74, 6) is 0.0808. The highest BCUT2D eigenvalue weighted by atomic mass is 16.2. The molecule has 0 heterocycles. The average Bonchev–Trinajstić information content (AvgIpc) is 2.47. The molecule has 0 atom stereocenters. The van der Waals surface area contributed by atoms with Crippen LogP contribution in [0.5, 0.6) is 0 Å². The summed E-state index contributed by atoms with van der Waals surface area (Å²) < 4.78 is 0. The molecule has 0 saturated heterocycles. The summed E-state index contributed by atoms with van der Waals surface area (Å²) in [6.07, 6.45) is 2.92. The van der Waals surface area contributed by atoms with Gasteiger partial charge in [-0.3, -0.25) is 9.69 Å². The molecule has 0 unspecified atom stereocenters. The van der Waals surface area contributed by atoms with Crippen LogP contribution in [-0.4, -0.2) is 5.91 Å². The second-order valence-corrected chi connectivity index (χ2v) is 4.23. The molecule has 0 aliphatic carbocycles. The second kappa shape index (κ2) is 6.55. The van der Waals surface area contributed by atoms with Crippen LogP contribution in [0.4, 0.5) is 11.4 Å². The Hall–Kier alpha value is -2.35. The molecular formula is C17H17NO. The molecule has 2 aromatic carbocycles. The molecule has 0 saturated carbocycles. The largest absolute Gasteiger partial charge is 0.281 e. The van der Waals surface area contributed by atoms with Gasteiger partial charge in [0, 0.05) is 17.8 Å². The molecule has 0 bridgehead atoms. The number of allylic oxidation sites excluding steroid dienone is 1. The Kier molecular flexibility index (Phi) is 4.51. The lowest BCUT2D eigenvalue weighted by Crippen LogP contribution is -2.25. The van der Waals surface area contributed by atoms with Gasteiger partial charge in [0.2, 0.25) is 5.91 Å². The maximum Gasteiger partial charge on any atom is 0.231 e. The van der Waals surface area contributed by atoms with Crippen molar-refractivity contribution >= 4 is 17.3 Å². The first kappa shape index (κ1) is 13.1. The maximum atomic E-state index is 12.4. The van der Waals surface area contributed by atoms with Crippen molar-refractivity contribution in [2.75, 3.05) is 4.90 Å². The summed E-state index contributed by atoms with van der Waals surface area (Å²) in [4.78, 5) is 14.1. The third kappa shape index (κ3) is 3.32. The van der Waals surface area contributed by atoms with Crippen LogP contribution in [0.1, 0.15) is 12.8 Å². The molecular weight excluding hydrogens is 234 g/mol. The monoisotopic (exact) mass is 251 g/mol. The van der Waals surface area contributed by atoms with Gasteiger partial charge in [-0.05, 0) is 30.7 Å². The Morgan fingerprint density at radius 3 is 1.84 bits per heavy atom. The topological polar surface area (TPSA) is 20.3 Å². The van der Waals surface area contributed by atoms with Crippen molar-refractivity contribution in [1.82, 2.24) is 0 Å². The lowest BCUT2D eigenvalue weighted by molar-refractivity contribution is -0.117. The summed E-state index contributed by atoms with van der Waals surface area (Å²) in [6.45, 7) is 3.67. The summed E-state index contributed by atoms with van der Waals surface area (Å²) in [5, 5.41) is 0. The van der Waals surface area contributed by atoms with Crippen LogP contribution >= 0.6 is 0 Å². The fraction of sp³-hybridized carbons (Fsp3) is 0.118. The zero-order chi connectivity index (χ0) is 13.5. The lowest BCUT2D eigenvalue weighted by atomic mass is 10.2. The highest BCUT2D eigenvalue weighted by Gasteiger charge is 2.16. The highest BCUT2D eigenvalue weighted by Crippen LogP contribution is 2.25. The first-order valence-electron chi connectivity index (χ1n) is 6.37. The molecule has 0 aromatic heterocycles. The maximum absolute atomic E-state index is 12.4. The van der Waals surface area contributed by atoms with Crippen molar-refractivity contribution < 1.29 is 4.79 Å². The molecule has 96 valence electrons. The Labute approximate surface area is 114 Å². The van der Waals surface area contributed by atoms with E-state index in [0.717, 1.165) is 11.4 Å². The molecule has 0 aliphatic rings. The fourth-order valence-electron chi connectivity index (χ4n) is 1.93. The normalized spacial score (nSPS) is 9.89. The average molecular weight is 251 g/mol. The van der Waals surface area contributed by atoms with E-state index >= 15 is 0 Å². The fourth-order valence-corrected chi connectivity index (χ4v) is 1.93.